The summed E-state index contributed by atoms with van der Waals surface area (Å²) in [5.74, 6) is -1.14. The molecular formula is C28H33F2N3O2. The Morgan fingerprint density at radius 2 is 1.89 bits per heavy atom. The van der Waals surface area contributed by atoms with Gasteiger partial charge in [-0.15, -0.1) is 0 Å². The summed E-state index contributed by atoms with van der Waals surface area (Å²) in [4.78, 5) is 19.7. The number of benzene rings is 2. The number of ketones is 1. The van der Waals surface area contributed by atoms with E-state index in [0.717, 1.165) is 54.6 Å². The number of Topliss-reactive ketones (excluding diaryl/α,β-unsaturated/α-hetero) is 1. The van der Waals surface area contributed by atoms with Crippen LogP contribution in [0.3, 0.4) is 0 Å². The number of fused-ring (bicyclic) bond motifs is 3. The average Bonchev–Trinajstić information content (AvgIpc) is 3.14. The molecule has 5 rings (SSSR count). The maximum absolute atomic E-state index is 15.6. The van der Waals surface area contributed by atoms with E-state index in [-0.39, 0.29) is 35.8 Å². The van der Waals surface area contributed by atoms with Gasteiger partial charge in [-0.05, 0) is 44.9 Å². The quantitative estimate of drug-likeness (QED) is 0.478. The van der Waals surface area contributed by atoms with E-state index in [1.165, 1.54) is 19.1 Å². The fourth-order valence-electron chi connectivity index (χ4n) is 5.57. The molecule has 0 radical (unpaired) electrons. The van der Waals surface area contributed by atoms with Crippen molar-refractivity contribution >= 4 is 16.7 Å². The summed E-state index contributed by atoms with van der Waals surface area (Å²) < 4.78 is 37.2. The lowest BCUT2D eigenvalue weighted by Crippen LogP contribution is -2.53. The molecule has 0 spiro atoms. The van der Waals surface area contributed by atoms with Gasteiger partial charge in [-0.3, -0.25) is 14.6 Å². The molecule has 0 aliphatic carbocycles. The molecule has 1 fully saturated rings. The lowest BCUT2D eigenvalue weighted by Gasteiger charge is -2.41. The molecule has 3 heterocycles. The number of aromatic amines is 1. The van der Waals surface area contributed by atoms with E-state index in [4.69, 9.17) is 4.74 Å². The molecule has 1 N–H and O–H groups in total. The van der Waals surface area contributed by atoms with Crippen LogP contribution in [0.4, 0.5) is 8.78 Å². The fourth-order valence-corrected chi connectivity index (χ4v) is 5.57. The molecule has 2 aromatic carbocycles. The van der Waals surface area contributed by atoms with Gasteiger partial charge in [-0.1, -0.05) is 31.5 Å². The van der Waals surface area contributed by atoms with E-state index in [1.54, 1.807) is 0 Å². The van der Waals surface area contributed by atoms with Gasteiger partial charge < -0.3 is 9.72 Å². The highest BCUT2D eigenvalue weighted by Gasteiger charge is 2.39. The lowest BCUT2D eigenvalue weighted by atomic mass is 9.88. The number of hydrogen-bond donors (Lipinski definition) is 1. The van der Waals surface area contributed by atoms with E-state index >= 15 is 8.78 Å². The Bertz CT molecular complexity index is 1210. The zero-order valence-electron chi connectivity index (χ0n) is 20.6. The highest BCUT2D eigenvalue weighted by atomic mass is 19.1. The van der Waals surface area contributed by atoms with Crippen molar-refractivity contribution in [3.8, 4) is 5.75 Å². The van der Waals surface area contributed by atoms with Crippen LogP contribution >= 0.6 is 0 Å². The molecule has 3 aromatic rings. The van der Waals surface area contributed by atoms with Gasteiger partial charge in [-0.25, -0.2) is 8.78 Å². The molecule has 1 saturated heterocycles. The van der Waals surface area contributed by atoms with E-state index in [1.807, 2.05) is 36.1 Å². The summed E-state index contributed by atoms with van der Waals surface area (Å²) in [6, 6.07) is 9.70. The summed E-state index contributed by atoms with van der Waals surface area (Å²) >= 11 is 0. The van der Waals surface area contributed by atoms with Gasteiger partial charge >= 0.3 is 0 Å². The zero-order chi connectivity index (χ0) is 24.7. The molecule has 0 unspecified atom stereocenters. The first-order chi connectivity index (χ1) is 16.9. The number of nitrogens with zero attached hydrogens (tertiary/aromatic N) is 2. The number of rotatable bonds is 8. The number of para-hydroxylation sites is 1. The number of ether oxygens (including phenoxy) is 1. The summed E-state index contributed by atoms with van der Waals surface area (Å²) in [6.45, 7) is 8.37. The van der Waals surface area contributed by atoms with Gasteiger partial charge in [0.05, 0.1) is 12.6 Å². The molecule has 0 saturated carbocycles. The number of unbranched alkanes of at least 4 members (excludes halogenated alkanes) is 1. The van der Waals surface area contributed by atoms with E-state index in [0.29, 0.717) is 6.42 Å². The largest absolute Gasteiger partial charge is 0.488 e. The minimum absolute atomic E-state index is 0.0419. The molecule has 2 atom stereocenters. The second kappa shape index (κ2) is 9.70. The third kappa shape index (κ3) is 4.59. The molecule has 2 aliphatic rings. The van der Waals surface area contributed by atoms with Crippen LogP contribution in [-0.4, -0.2) is 58.9 Å². The van der Waals surface area contributed by atoms with Crippen molar-refractivity contribution in [3.63, 3.8) is 0 Å². The number of hydrogen-bond acceptors (Lipinski definition) is 4. The van der Waals surface area contributed by atoms with Crippen molar-refractivity contribution in [1.82, 2.24) is 14.8 Å². The van der Waals surface area contributed by atoms with Crippen LogP contribution in [0.15, 0.2) is 36.4 Å². The van der Waals surface area contributed by atoms with Gasteiger partial charge in [-0.2, -0.15) is 0 Å². The maximum Gasteiger partial charge on any atom is 0.143 e. The van der Waals surface area contributed by atoms with Crippen LogP contribution in [-0.2, 0) is 11.2 Å². The van der Waals surface area contributed by atoms with Crippen molar-refractivity contribution in [1.29, 1.82) is 0 Å². The normalized spacial score (nSPS) is 21.2. The standard InChI is InChI=1S/C28H33F2N3O2/c1-4-5-10-32-15-20(16-32)35-19-12-23(29)26(24(30)13-19)28-27-22(11-17(2)33(28)14-18(3)34)21-8-6-7-9-25(21)31-27/h6-9,12-13,17,20,28,31H,4-5,10-11,14-16H2,1-3H3/t17-,28+/m1/s1. The van der Waals surface area contributed by atoms with Gasteiger partial charge in [0, 0.05) is 53.4 Å². The molecule has 0 bridgehead atoms. The van der Waals surface area contributed by atoms with Gasteiger partial charge in [0.1, 0.15) is 29.3 Å². The topological polar surface area (TPSA) is 48.6 Å². The van der Waals surface area contributed by atoms with Crippen LogP contribution < -0.4 is 4.74 Å². The Labute approximate surface area is 205 Å². The number of carbonyl (C=O) groups is 1. The van der Waals surface area contributed by atoms with Crippen LogP contribution in [0.2, 0.25) is 0 Å². The molecule has 186 valence electrons. The number of carbonyl (C=O) groups excluding carboxylic acids is 1. The van der Waals surface area contributed by atoms with Gasteiger partial charge in [0.15, 0.2) is 0 Å². The predicted molar refractivity (Wildman–Crippen MR) is 133 cm³/mol. The number of halogens is 2. The SMILES string of the molecule is CCCCN1CC(Oc2cc(F)c([C@H]3c4[nH]c5ccccc5c4C[C@@H](C)N3CC(C)=O)c(F)c2)C1. The van der Waals surface area contributed by atoms with Gasteiger partial charge in [0.25, 0.3) is 0 Å². The van der Waals surface area contributed by atoms with Crippen LogP contribution in [0.1, 0.15) is 56.5 Å². The van der Waals surface area contributed by atoms with Crippen molar-refractivity contribution in [2.75, 3.05) is 26.2 Å². The molecule has 1 aromatic heterocycles. The number of nitrogens with one attached hydrogen (secondary N) is 1. The number of H-pyrrole nitrogens is 1. The first-order valence-corrected chi connectivity index (χ1v) is 12.6. The summed E-state index contributed by atoms with van der Waals surface area (Å²) in [7, 11) is 0. The number of likely N-dealkylation sites (tertiary alicyclic amines) is 1. The van der Waals surface area contributed by atoms with Crippen LogP contribution in [0, 0.1) is 11.6 Å². The van der Waals surface area contributed by atoms with E-state index in [2.05, 4.69) is 16.8 Å². The molecular weight excluding hydrogens is 448 g/mol. The summed E-state index contributed by atoms with van der Waals surface area (Å²) in [5.41, 5.74) is 2.69. The minimum atomic E-state index is -0.729. The second-order valence-corrected chi connectivity index (χ2v) is 10.0. The Morgan fingerprint density at radius 1 is 1.17 bits per heavy atom. The molecule has 5 nitrogen and oxygen atoms in total. The third-order valence-corrected chi connectivity index (χ3v) is 7.30. The molecule has 0 amide bonds. The summed E-state index contributed by atoms with van der Waals surface area (Å²) in [5, 5.41) is 1.06. The fraction of sp³-hybridized carbons (Fsp3) is 0.464. The Hall–Kier alpha value is -2.77. The second-order valence-electron chi connectivity index (χ2n) is 10.0. The van der Waals surface area contributed by atoms with Crippen LogP contribution in [0.25, 0.3) is 10.9 Å². The molecule has 2 aliphatic heterocycles. The highest BCUT2D eigenvalue weighted by Crippen LogP contribution is 2.43. The van der Waals surface area contributed by atoms with Crippen molar-refractivity contribution in [2.24, 2.45) is 0 Å². The summed E-state index contributed by atoms with van der Waals surface area (Å²) in [6.07, 6.45) is 2.92. The smallest absolute Gasteiger partial charge is 0.143 e. The van der Waals surface area contributed by atoms with Crippen molar-refractivity contribution in [3.05, 3.63) is 64.9 Å². The van der Waals surface area contributed by atoms with E-state index < -0.39 is 17.7 Å². The Morgan fingerprint density at radius 3 is 2.57 bits per heavy atom. The van der Waals surface area contributed by atoms with Crippen molar-refractivity contribution in [2.45, 2.75) is 58.2 Å². The average molecular weight is 482 g/mol. The molecule has 7 heteroatoms. The van der Waals surface area contributed by atoms with Gasteiger partial charge in [0.2, 0.25) is 0 Å². The van der Waals surface area contributed by atoms with Crippen LogP contribution in [0.5, 0.6) is 5.75 Å². The monoisotopic (exact) mass is 481 g/mol. The Balaban J connectivity index is 1.49. The molecule has 35 heavy (non-hydrogen) atoms. The lowest BCUT2D eigenvalue weighted by molar-refractivity contribution is -0.119. The zero-order valence-corrected chi connectivity index (χ0v) is 20.6. The first-order valence-electron chi connectivity index (χ1n) is 12.6. The highest BCUT2D eigenvalue weighted by molar-refractivity contribution is 5.85. The maximum atomic E-state index is 15.6. The minimum Gasteiger partial charge on any atom is -0.488 e. The third-order valence-electron chi connectivity index (χ3n) is 7.30. The number of aromatic nitrogens is 1. The Kier molecular flexibility index (Phi) is 6.64. The van der Waals surface area contributed by atoms with Crippen molar-refractivity contribution < 1.29 is 18.3 Å². The predicted octanol–water partition coefficient (Wildman–Crippen LogP) is 5.23. The van der Waals surface area contributed by atoms with E-state index in [9.17, 15) is 4.79 Å². The first kappa shape index (κ1) is 23.9.